The van der Waals surface area contributed by atoms with Crippen molar-refractivity contribution in [3.8, 4) is 17.7 Å². The van der Waals surface area contributed by atoms with Gasteiger partial charge in [-0.2, -0.15) is 10.2 Å². The average Bonchev–Trinajstić information content (AvgIpc) is 2.92. The van der Waals surface area contributed by atoms with Crippen LogP contribution in [0, 0.1) is 11.3 Å². The van der Waals surface area contributed by atoms with Gasteiger partial charge in [-0.05, 0) is 12.1 Å². The molecule has 0 N–H and O–H groups in total. The van der Waals surface area contributed by atoms with E-state index < -0.39 is 0 Å². The fourth-order valence-corrected chi connectivity index (χ4v) is 1.86. The van der Waals surface area contributed by atoms with Crippen molar-refractivity contribution in [3.05, 3.63) is 24.3 Å². The molecule has 0 aliphatic carbocycles. The van der Waals surface area contributed by atoms with E-state index in [1.807, 2.05) is 4.90 Å². The maximum Gasteiger partial charge on any atom is 0.238 e. The van der Waals surface area contributed by atoms with Gasteiger partial charge < -0.3 is 8.94 Å². The van der Waals surface area contributed by atoms with Crippen LogP contribution in [0.5, 0.6) is 0 Å². The molecule has 3 heterocycles. The van der Waals surface area contributed by atoms with Crippen LogP contribution in [0.4, 0.5) is 0 Å². The first-order valence-corrected chi connectivity index (χ1v) is 5.33. The van der Waals surface area contributed by atoms with Crippen LogP contribution in [0.1, 0.15) is 11.8 Å². The van der Waals surface area contributed by atoms with Crippen molar-refractivity contribution in [2.45, 2.75) is 5.92 Å². The van der Waals surface area contributed by atoms with Crippen molar-refractivity contribution in [1.29, 1.82) is 5.26 Å². The van der Waals surface area contributed by atoms with Crippen LogP contribution < -0.4 is 0 Å². The zero-order chi connectivity index (χ0) is 11.7. The van der Waals surface area contributed by atoms with Gasteiger partial charge in [-0.15, -0.1) is 0 Å². The van der Waals surface area contributed by atoms with Crippen LogP contribution >= 0.6 is 0 Å². The molecule has 17 heavy (non-hydrogen) atoms. The molecule has 86 valence electrons. The first-order valence-electron chi connectivity index (χ1n) is 5.33. The fourth-order valence-electron chi connectivity index (χ4n) is 1.86. The van der Waals surface area contributed by atoms with Crippen LogP contribution in [0.25, 0.3) is 11.6 Å². The summed E-state index contributed by atoms with van der Waals surface area (Å²) in [5.74, 6) is 1.93. The molecule has 0 amide bonds. The van der Waals surface area contributed by atoms with Crippen molar-refractivity contribution >= 4 is 0 Å². The number of nitriles is 1. The molecule has 2 aromatic rings. The average molecular weight is 230 g/mol. The van der Waals surface area contributed by atoms with E-state index in [1.54, 1.807) is 18.4 Å². The summed E-state index contributed by atoms with van der Waals surface area (Å²) < 4.78 is 10.4. The molecule has 1 fully saturated rings. The molecule has 0 saturated carbocycles. The molecule has 2 aromatic heterocycles. The van der Waals surface area contributed by atoms with E-state index in [2.05, 4.69) is 16.2 Å². The van der Waals surface area contributed by atoms with Gasteiger partial charge in [0, 0.05) is 13.1 Å². The molecule has 0 atom stereocenters. The maximum atomic E-state index is 8.53. The summed E-state index contributed by atoms with van der Waals surface area (Å²) >= 11 is 0. The maximum absolute atomic E-state index is 8.53. The fraction of sp³-hybridized carbons (Fsp3) is 0.364. The van der Waals surface area contributed by atoms with E-state index in [9.17, 15) is 0 Å². The predicted octanol–water partition coefficient (Wildman–Crippen LogP) is 1.25. The van der Waals surface area contributed by atoms with Crippen molar-refractivity contribution in [2.24, 2.45) is 0 Å². The molecule has 0 bridgehead atoms. The van der Waals surface area contributed by atoms with Gasteiger partial charge >= 0.3 is 0 Å². The Bertz CT molecular complexity index is 534. The van der Waals surface area contributed by atoms with Gasteiger partial charge in [-0.3, -0.25) is 4.90 Å². The van der Waals surface area contributed by atoms with Crippen LogP contribution in [0.15, 0.2) is 27.3 Å². The van der Waals surface area contributed by atoms with E-state index in [0.29, 0.717) is 24.0 Å². The monoisotopic (exact) mass is 230 g/mol. The Morgan fingerprint density at radius 2 is 2.41 bits per heavy atom. The summed E-state index contributed by atoms with van der Waals surface area (Å²) in [7, 11) is 0. The Kier molecular flexibility index (Phi) is 2.38. The normalized spacial score (nSPS) is 16.6. The largest absolute Gasteiger partial charge is 0.461 e. The first-order chi connectivity index (χ1) is 8.36. The Labute approximate surface area is 97.4 Å². The van der Waals surface area contributed by atoms with E-state index in [4.69, 9.17) is 14.2 Å². The highest BCUT2D eigenvalue weighted by molar-refractivity contribution is 5.44. The van der Waals surface area contributed by atoms with Crippen LogP contribution in [0.3, 0.4) is 0 Å². The number of rotatable bonds is 3. The molecular weight excluding hydrogens is 220 g/mol. The summed E-state index contributed by atoms with van der Waals surface area (Å²) in [5.41, 5.74) is 0. The zero-order valence-electron chi connectivity index (χ0n) is 9.04. The third kappa shape index (κ3) is 1.81. The summed E-state index contributed by atoms with van der Waals surface area (Å²) in [6.07, 6.45) is 1.57. The second kappa shape index (κ2) is 4.03. The minimum atomic E-state index is 0.236. The molecule has 1 aliphatic heterocycles. The molecule has 0 radical (unpaired) electrons. The Morgan fingerprint density at radius 1 is 1.53 bits per heavy atom. The number of hydrogen-bond acceptors (Lipinski definition) is 6. The third-order valence-electron chi connectivity index (χ3n) is 2.78. The van der Waals surface area contributed by atoms with E-state index in [0.717, 1.165) is 13.1 Å². The molecule has 1 saturated heterocycles. The molecule has 0 aromatic carbocycles. The molecule has 0 unspecified atom stereocenters. The molecule has 1 aliphatic rings. The third-order valence-corrected chi connectivity index (χ3v) is 2.78. The lowest BCUT2D eigenvalue weighted by Crippen LogP contribution is -2.45. The van der Waals surface area contributed by atoms with E-state index in [1.165, 1.54) is 0 Å². The van der Waals surface area contributed by atoms with Gasteiger partial charge in [-0.1, -0.05) is 5.16 Å². The summed E-state index contributed by atoms with van der Waals surface area (Å²) in [5, 5.41) is 12.4. The van der Waals surface area contributed by atoms with E-state index >= 15 is 0 Å². The Morgan fingerprint density at radius 3 is 3.12 bits per heavy atom. The number of aromatic nitrogens is 2. The standard InChI is InChI=1S/C11H10N4O2/c12-3-4-15-6-8(7-15)11-13-10(14-17-11)9-2-1-5-16-9/h1-2,5,8H,4,6-7H2. The van der Waals surface area contributed by atoms with Gasteiger partial charge in [0.2, 0.25) is 11.7 Å². The van der Waals surface area contributed by atoms with Crippen LogP contribution in [0.2, 0.25) is 0 Å². The van der Waals surface area contributed by atoms with Crippen molar-refractivity contribution in [1.82, 2.24) is 15.0 Å². The Balaban J connectivity index is 1.69. The lowest BCUT2D eigenvalue weighted by atomic mass is 10.0. The molecule has 6 heteroatoms. The van der Waals surface area contributed by atoms with Crippen LogP contribution in [-0.2, 0) is 0 Å². The minimum absolute atomic E-state index is 0.236. The van der Waals surface area contributed by atoms with Gasteiger partial charge in [-0.25, -0.2) is 0 Å². The number of nitrogens with zero attached hydrogens (tertiary/aromatic N) is 4. The van der Waals surface area contributed by atoms with Gasteiger partial charge in [0.15, 0.2) is 5.76 Å². The summed E-state index contributed by atoms with van der Waals surface area (Å²) in [4.78, 5) is 6.32. The SMILES string of the molecule is N#CCN1CC(c2nc(-c3ccco3)no2)C1. The number of hydrogen-bond donors (Lipinski definition) is 0. The highest BCUT2D eigenvalue weighted by atomic mass is 16.5. The first kappa shape index (κ1) is 10.1. The smallest absolute Gasteiger partial charge is 0.238 e. The quantitative estimate of drug-likeness (QED) is 0.738. The second-order valence-corrected chi connectivity index (χ2v) is 3.98. The molecular formula is C11H10N4O2. The summed E-state index contributed by atoms with van der Waals surface area (Å²) in [6.45, 7) is 2.05. The summed E-state index contributed by atoms with van der Waals surface area (Å²) in [6, 6.07) is 5.68. The van der Waals surface area contributed by atoms with Crippen molar-refractivity contribution < 1.29 is 8.94 Å². The Hall–Kier alpha value is -2.13. The topological polar surface area (TPSA) is 79.1 Å². The van der Waals surface area contributed by atoms with Gasteiger partial charge in [0.05, 0.1) is 24.8 Å². The molecule has 6 nitrogen and oxygen atoms in total. The predicted molar refractivity (Wildman–Crippen MR) is 56.8 cm³/mol. The zero-order valence-corrected chi connectivity index (χ0v) is 9.04. The highest BCUT2D eigenvalue weighted by Crippen LogP contribution is 2.27. The van der Waals surface area contributed by atoms with Gasteiger partial charge in [0.1, 0.15) is 0 Å². The van der Waals surface area contributed by atoms with Crippen LogP contribution in [-0.4, -0.2) is 34.7 Å². The number of furan rings is 1. The minimum Gasteiger partial charge on any atom is -0.461 e. The second-order valence-electron chi connectivity index (χ2n) is 3.98. The van der Waals surface area contributed by atoms with Crippen molar-refractivity contribution in [2.75, 3.05) is 19.6 Å². The van der Waals surface area contributed by atoms with E-state index in [-0.39, 0.29) is 5.92 Å². The number of likely N-dealkylation sites (tertiary alicyclic amines) is 1. The lowest BCUT2D eigenvalue weighted by Gasteiger charge is -2.34. The molecule has 3 rings (SSSR count). The van der Waals surface area contributed by atoms with Crippen molar-refractivity contribution in [3.63, 3.8) is 0 Å². The highest BCUT2D eigenvalue weighted by Gasteiger charge is 2.32. The molecule has 0 spiro atoms. The lowest BCUT2D eigenvalue weighted by molar-refractivity contribution is 0.142. The van der Waals surface area contributed by atoms with Gasteiger partial charge in [0.25, 0.3) is 0 Å².